The summed E-state index contributed by atoms with van der Waals surface area (Å²) in [6.07, 6.45) is 3.64. The fourth-order valence-corrected chi connectivity index (χ4v) is 3.59. The van der Waals surface area contributed by atoms with Gasteiger partial charge < -0.3 is 27.0 Å². The third kappa shape index (κ3) is 12.2. The van der Waals surface area contributed by atoms with Crippen LogP contribution in [0.5, 0.6) is 0 Å². The zero-order valence-corrected chi connectivity index (χ0v) is 21.8. The standard InChI is InChI=1S/C26H43N5O4/c1-6-7-10-22(32)31-23(18(4)5)25(34)30-21(9-8-15-28-26(27)35)24(33)29-20-13-11-19(12-14-20)16-17(2)3/h11-14,17-18,21,23H,6-10,15-16H2,1-5H3,(H,29,33)(H,30,34)(H,31,32)(H3,27,28,35)/t21-,23-/m0/s1. The lowest BCUT2D eigenvalue weighted by atomic mass is 10.0. The van der Waals surface area contributed by atoms with Gasteiger partial charge in [0.1, 0.15) is 12.1 Å². The highest BCUT2D eigenvalue weighted by Gasteiger charge is 2.28. The molecule has 0 aliphatic heterocycles. The molecule has 5 amide bonds. The van der Waals surface area contributed by atoms with E-state index in [-0.39, 0.29) is 30.7 Å². The Morgan fingerprint density at radius 2 is 1.57 bits per heavy atom. The van der Waals surface area contributed by atoms with E-state index in [2.05, 4.69) is 35.1 Å². The van der Waals surface area contributed by atoms with Crippen molar-refractivity contribution in [3.05, 3.63) is 29.8 Å². The molecule has 1 rings (SSSR count). The predicted molar refractivity (Wildman–Crippen MR) is 139 cm³/mol. The van der Waals surface area contributed by atoms with E-state index in [1.807, 2.05) is 45.0 Å². The zero-order valence-electron chi connectivity index (χ0n) is 21.8. The molecule has 0 spiro atoms. The average molecular weight is 490 g/mol. The SMILES string of the molecule is CCCCC(=O)N[C@H](C(=O)N[C@@H](CCCNC(N)=O)C(=O)Nc1ccc(CC(C)C)cc1)C(C)C. The summed E-state index contributed by atoms with van der Waals surface area (Å²) < 4.78 is 0. The van der Waals surface area contributed by atoms with Crippen LogP contribution in [0.25, 0.3) is 0 Å². The number of carbonyl (C=O) groups excluding carboxylic acids is 4. The minimum atomic E-state index is -0.846. The van der Waals surface area contributed by atoms with Crippen molar-refractivity contribution in [2.45, 2.75) is 85.2 Å². The largest absolute Gasteiger partial charge is 0.352 e. The lowest BCUT2D eigenvalue weighted by Crippen LogP contribution is -2.54. The van der Waals surface area contributed by atoms with E-state index in [0.29, 0.717) is 24.4 Å². The van der Waals surface area contributed by atoms with Gasteiger partial charge in [-0.3, -0.25) is 14.4 Å². The van der Waals surface area contributed by atoms with Gasteiger partial charge in [0, 0.05) is 18.7 Å². The molecule has 6 N–H and O–H groups in total. The molecule has 0 saturated carbocycles. The van der Waals surface area contributed by atoms with Crippen LogP contribution < -0.4 is 27.0 Å². The molecular weight excluding hydrogens is 446 g/mol. The van der Waals surface area contributed by atoms with Gasteiger partial charge >= 0.3 is 6.03 Å². The number of amides is 5. The lowest BCUT2D eigenvalue weighted by Gasteiger charge is -2.25. The maximum absolute atomic E-state index is 13.1. The van der Waals surface area contributed by atoms with Gasteiger partial charge in [-0.25, -0.2) is 4.79 Å². The fraction of sp³-hybridized carbons (Fsp3) is 0.615. The lowest BCUT2D eigenvalue weighted by molar-refractivity contribution is -0.132. The van der Waals surface area contributed by atoms with Gasteiger partial charge in [0.25, 0.3) is 0 Å². The summed E-state index contributed by atoms with van der Waals surface area (Å²) in [4.78, 5) is 49.3. The van der Waals surface area contributed by atoms with Crippen LogP contribution in [-0.4, -0.2) is 42.4 Å². The van der Waals surface area contributed by atoms with Crippen LogP contribution in [0, 0.1) is 11.8 Å². The normalized spacial score (nSPS) is 12.7. The van der Waals surface area contributed by atoms with E-state index in [0.717, 1.165) is 19.3 Å². The molecule has 0 radical (unpaired) electrons. The van der Waals surface area contributed by atoms with E-state index >= 15 is 0 Å². The molecule has 9 heteroatoms. The molecule has 0 heterocycles. The van der Waals surface area contributed by atoms with Crippen molar-refractivity contribution in [2.24, 2.45) is 17.6 Å². The van der Waals surface area contributed by atoms with Crippen molar-refractivity contribution >= 4 is 29.4 Å². The Hall–Kier alpha value is -3.10. The number of nitrogens with one attached hydrogen (secondary N) is 4. The molecule has 196 valence electrons. The second kappa shape index (κ2) is 15.7. The maximum Gasteiger partial charge on any atom is 0.312 e. The summed E-state index contributed by atoms with van der Waals surface area (Å²) in [5.74, 6) is -0.599. The highest BCUT2D eigenvalue weighted by Crippen LogP contribution is 2.14. The monoisotopic (exact) mass is 489 g/mol. The number of nitrogens with two attached hydrogens (primary N) is 1. The first-order valence-electron chi connectivity index (χ1n) is 12.6. The molecule has 0 aliphatic rings. The van der Waals surface area contributed by atoms with Crippen molar-refractivity contribution in [3.8, 4) is 0 Å². The third-order valence-electron chi connectivity index (χ3n) is 5.49. The first kappa shape index (κ1) is 29.9. The smallest absolute Gasteiger partial charge is 0.312 e. The number of unbranched alkanes of at least 4 members (excludes halogenated alkanes) is 1. The first-order valence-corrected chi connectivity index (χ1v) is 12.6. The first-order chi connectivity index (χ1) is 16.5. The number of hydrogen-bond acceptors (Lipinski definition) is 4. The number of primary amides is 1. The van der Waals surface area contributed by atoms with Crippen molar-refractivity contribution in [2.75, 3.05) is 11.9 Å². The summed E-state index contributed by atoms with van der Waals surface area (Å²) in [5, 5.41) is 10.9. The Balaban J connectivity index is 2.90. The molecule has 0 unspecified atom stereocenters. The van der Waals surface area contributed by atoms with Gasteiger partial charge in [-0.1, -0.05) is 53.2 Å². The Kier molecular flexibility index (Phi) is 13.5. The fourth-order valence-electron chi connectivity index (χ4n) is 3.59. The second-order valence-electron chi connectivity index (χ2n) is 9.67. The Morgan fingerprint density at radius 3 is 2.11 bits per heavy atom. The molecule has 1 aromatic carbocycles. The van der Waals surface area contributed by atoms with Gasteiger partial charge in [0.15, 0.2) is 0 Å². The molecule has 9 nitrogen and oxygen atoms in total. The van der Waals surface area contributed by atoms with Crippen LogP contribution in [0.4, 0.5) is 10.5 Å². The predicted octanol–water partition coefficient (Wildman–Crippen LogP) is 3.09. The third-order valence-corrected chi connectivity index (χ3v) is 5.49. The van der Waals surface area contributed by atoms with Crippen LogP contribution in [0.2, 0.25) is 0 Å². The molecule has 1 aromatic rings. The van der Waals surface area contributed by atoms with Gasteiger partial charge in [-0.15, -0.1) is 0 Å². The molecule has 0 saturated heterocycles. The number of urea groups is 1. The van der Waals surface area contributed by atoms with Gasteiger partial charge in [0.05, 0.1) is 0 Å². The summed E-state index contributed by atoms with van der Waals surface area (Å²) in [7, 11) is 0. The quantitative estimate of drug-likeness (QED) is 0.241. The number of carbonyl (C=O) groups is 4. The van der Waals surface area contributed by atoms with E-state index < -0.39 is 24.0 Å². The molecule has 2 atom stereocenters. The number of rotatable bonds is 15. The summed E-state index contributed by atoms with van der Waals surface area (Å²) in [5.41, 5.74) is 6.92. The van der Waals surface area contributed by atoms with Crippen LogP contribution in [0.15, 0.2) is 24.3 Å². The average Bonchev–Trinajstić information content (AvgIpc) is 2.78. The Morgan fingerprint density at radius 1 is 0.914 bits per heavy atom. The van der Waals surface area contributed by atoms with E-state index in [9.17, 15) is 19.2 Å². The molecule has 35 heavy (non-hydrogen) atoms. The van der Waals surface area contributed by atoms with E-state index in [1.165, 1.54) is 5.56 Å². The minimum Gasteiger partial charge on any atom is -0.352 e. The van der Waals surface area contributed by atoms with Crippen LogP contribution >= 0.6 is 0 Å². The summed E-state index contributed by atoms with van der Waals surface area (Å²) in [6, 6.07) is 5.38. The topological polar surface area (TPSA) is 142 Å². The van der Waals surface area contributed by atoms with Gasteiger partial charge in [0.2, 0.25) is 17.7 Å². The number of hydrogen-bond donors (Lipinski definition) is 5. The van der Waals surface area contributed by atoms with Crippen molar-refractivity contribution in [1.82, 2.24) is 16.0 Å². The van der Waals surface area contributed by atoms with Crippen molar-refractivity contribution in [1.29, 1.82) is 0 Å². The maximum atomic E-state index is 13.1. The molecule has 0 aliphatic carbocycles. The van der Waals surface area contributed by atoms with Crippen LogP contribution in [0.3, 0.4) is 0 Å². The van der Waals surface area contributed by atoms with Crippen LogP contribution in [0.1, 0.15) is 72.3 Å². The Labute approximate surface area is 209 Å². The zero-order chi connectivity index (χ0) is 26.4. The number of anilines is 1. The minimum absolute atomic E-state index is 0.158. The van der Waals surface area contributed by atoms with Crippen molar-refractivity contribution in [3.63, 3.8) is 0 Å². The highest BCUT2D eigenvalue weighted by molar-refractivity contribution is 5.98. The molecule has 0 bridgehead atoms. The molecular formula is C26H43N5O4. The van der Waals surface area contributed by atoms with E-state index in [1.54, 1.807) is 0 Å². The van der Waals surface area contributed by atoms with Gasteiger partial charge in [-0.2, -0.15) is 0 Å². The second-order valence-corrected chi connectivity index (χ2v) is 9.67. The molecule has 0 fully saturated rings. The van der Waals surface area contributed by atoms with E-state index in [4.69, 9.17) is 5.73 Å². The van der Waals surface area contributed by atoms with Crippen molar-refractivity contribution < 1.29 is 19.2 Å². The van der Waals surface area contributed by atoms with Crippen LogP contribution in [-0.2, 0) is 20.8 Å². The number of benzene rings is 1. The highest BCUT2D eigenvalue weighted by atomic mass is 16.2. The summed E-state index contributed by atoms with van der Waals surface area (Å²) >= 11 is 0. The Bertz CT molecular complexity index is 824. The summed E-state index contributed by atoms with van der Waals surface area (Å²) in [6.45, 7) is 10.2. The molecule has 0 aromatic heterocycles. The van der Waals surface area contributed by atoms with Gasteiger partial charge in [-0.05, 0) is 55.2 Å².